The van der Waals surface area contributed by atoms with Crippen LogP contribution >= 0.6 is 0 Å². The molecule has 1 unspecified atom stereocenters. The third kappa shape index (κ3) is 6.27. The largest absolute Gasteiger partial charge is 0.264 e. The van der Waals surface area contributed by atoms with Crippen molar-refractivity contribution in [1.82, 2.24) is 15.0 Å². The zero-order valence-corrected chi connectivity index (χ0v) is 26.4. The Morgan fingerprint density at radius 2 is 1.00 bits per heavy atom. The lowest BCUT2D eigenvalue weighted by molar-refractivity contribution is 0.868. The standard InChI is InChI=1S/C45H33N3/c1-3-22-47-44(19-1)38-16-7-12-34(26-38)32-10-5-14-36(24-32)41-28-42(30-43(29-41)40-18-9-21-46-31-40)37-15-6-11-33(25-37)35-13-8-17-39(27-35)45-20-2-4-23-48-45/h1-24,26-31,33H,25H2. The second-order valence-electron chi connectivity index (χ2n) is 12.1. The summed E-state index contributed by atoms with van der Waals surface area (Å²) in [6.07, 6.45) is 15.2. The predicted molar refractivity (Wildman–Crippen MR) is 198 cm³/mol. The maximum absolute atomic E-state index is 4.58. The fourth-order valence-electron chi connectivity index (χ4n) is 6.53. The highest BCUT2D eigenvalue weighted by molar-refractivity contribution is 5.83. The van der Waals surface area contributed by atoms with Gasteiger partial charge in [0.25, 0.3) is 0 Å². The molecule has 3 heteroatoms. The number of aromatic nitrogens is 3. The van der Waals surface area contributed by atoms with Crippen LogP contribution in [-0.4, -0.2) is 15.0 Å². The molecule has 228 valence electrons. The van der Waals surface area contributed by atoms with Gasteiger partial charge in [0, 0.05) is 47.4 Å². The average Bonchev–Trinajstić information content (AvgIpc) is 3.19. The van der Waals surface area contributed by atoms with Crippen LogP contribution in [0.1, 0.15) is 23.5 Å². The molecule has 0 saturated heterocycles. The van der Waals surface area contributed by atoms with Gasteiger partial charge < -0.3 is 0 Å². The molecule has 8 rings (SSSR count). The van der Waals surface area contributed by atoms with Crippen molar-refractivity contribution < 1.29 is 0 Å². The first-order valence-corrected chi connectivity index (χ1v) is 16.3. The molecule has 1 aliphatic rings. The van der Waals surface area contributed by atoms with E-state index in [0.29, 0.717) is 0 Å². The highest BCUT2D eigenvalue weighted by atomic mass is 14.7. The molecule has 1 aliphatic carbocycles. The number of benzene rings is 4. The SMILES string of the molecule is C1=CC(c2cccc(-c3ccccn3)c2)CC(c2cc(-c3cccnc3)cc(-c3cccc(-c4cccc(-c5ccccn5)c4)c3)c2)=C1. The minimum Gasteiger partial charge on any atom is -0.264 e. The molecule has 0 amide bonds. The van der Waals surface area contributed by atoms with E-state index in [2.05, 4.69) is 142 Å². The summed E-state index contributed by atoms with van der Waals surface area (Å²) in [6.45, 7) is 0. The zero-order chi connectivity index (χ0) is 32.1. The molecule has 3 aromatic heterocycles. The van der Waals surface area contributed by atoms with Crippen LogP contribution in [0.25, 0.3) is 61.5 Å². The fraction of sp³-hybridized carbons (Fsp3) is 0.0444. The second kappa shape index (κ2) is 13.3. The van der Waals surface area contributed by atoms with Crippen molar-refractivity contribution in [3.63, 3.8) is 0 Å². The van der Waals surface area contributed by atoms with Crippen LogP contribution in [-0.2, 0) is 0 Å². The molecule has 4 aromatic carbocycles. The van der Waals surface area contributed by atoms with E-state index in [-0.39, 0.29) is 5.92 Å². The summed E-state index contributed by atoms with van der Waals surface area (Å²) in [5.41, 5.74) is 15.0. The summed E-state index contributed by atoms with van der Waals surface area (Å²) in [5, 5.41) is 0. The first-order valence-electron chi connectivity index (χ1n) is 16.3. The molecule has 0 fully saturated rings. The van der Waals surface area contributed by atoms with E-state index >= 15 is 0 Å². The van der Waals surface area contributed by atoms with Gasteiger partial charge in [0.1, 0.15) is 0 Å². The van der Waals surface area contributed by atoms with Crippen LogP contribution in [0.15, 0.2) is 183 Å². The van der Waals surface area contributed by atoms with E-state index < -0.39 is 0 Å². The van der Waals surface area contributed by atoms with E-state index in [1.54, 1.807) is 0 Å². The Morgan fingerprint density at radius 1 is 0.438 bits per heavy atom. The average molecular weight is 616 g/mol. The molecule has 7 aromatic rings. The van der Waals surface area contributed by atoms with Gasteiger partial charge in [0.05, 0.1) is 11.4 Å². The minimum absolute atomic E-state index is 0.272. The molecule has 0 spiro atoms. The van der Waals surface area contributed by atoms with Crippen LogP contribution in [0.2, 0.25) is 0 Å². The van der Waals surface area contributed by atoms with Crippen molar-refractivity contribution in [2.75, 3.05) is 0 Å². The number of rotatable bonds is 7. The lowest BCUT2D eigenvalue weighted by Crippen LogP contribution is -2.02. The van der Waals surface area contributed by atoms with Crippen molar-refractivity contribution in [2.45, 2.75) is 12.3 Å². The molecule has 0 aliphatic heterocycles. The van der Waals surface area contributed by atoms with Crippen LogP contribution in [0.3, 0.4) is 0 Å². The zero-order valence-electron chi connectivity index (χ0n) is 26.4. The second-order valence-corrected chi connectivity index (χ2v) is 12.1. The van der Waals surface area contributed by atoms with Gasteiger partial charge in [-0.15, -0.1) is 0 Å². The van der Waals surface area contributed by atoms with Crippen molar-refractivity contribution in [1.29, 1.82) is 0 Å². The Hall–Kier alpha value is -6.19. The summed E-state index contributed by atoms with van der Waals surface area (Å²) in [7, 11) is 0. The summed E-state index contributed by atoms with van der Waals surface area (Å²) in [4.78, 5) is 13.6. The first kappa shape index (κ1) is 29.2. The molecule has 3 nitrogen and oxygen atoms in total. The topological polar surface area (TPSA) is 38.7 Å². The van der Waals surface area contributed by atoms with Crippen molar-refractivity contribution >= 4 is 5.57 Å². The summed E-state index contributed by atoms with van der Waals surface area (Å²) >= 11 is 0. The summed E-state index contributed by atoms with van der Waals surface area (Å²) in [5.74, 6) is 0.272. The van der Waals surface area contributed by atoms with Crippen LogP contribution in [0.5, 0.6) is 0 Å². The molecular formula is C45H33N3. The Balaban J connectivity index is 1.15. The third-order valence-electron chi connectivity index (χ3n) is 9.01. The van der Waals surface area contributed by atoms with Crippen molar-refractivity contribution in [3.8, 4) is 55.9 Å². The van der Waals surface area contributed by atoms with E-state index in [0.717, 1.165) is 40.1 Å². The summed E-state index contributed by atoms with van der Waals surface area (Å²) in [6, 6.07) is 49.5. The van der Waals surface area contributed by atoms with Gasteiger partial charge in [0.2, 0.25) is 0 Å². The Labute approximate surface area is 281 Å². The van der Waals surface area contributed by atoms with E-state index in [1.165, 1.54) is 39.0 Å². The minimum atomic E-state index is 0.272. The Bertz CT molecular complexity index is 2250. The van der Waals surface area contributed by atoms with Crippen LogP contribution < -0.4 is 0 Å². The smallest absolute Gasteiger partial charge is 0.0702 e. The van der Waals surface area contributed by atoms with Crippen molar-refractivity contribution in [3.05, 3.63) is 194 Å². The van der Waals surface area contributed by atoms with Gasteiger partial charge in [-0.25, -0.2) is 0 Å². The van der Waals surface area contributed by atoms with Gasteiger partial charge >= 0.3 is 0 Å². The van der Waals surface area contributed by atoms with Gasteiger partial charge in [-0.3, -0.25) is 15.0 Å². The molecule has 0 bridgehead atoms. The predicted octanol–water partition coefficient (Wildman–Crippen LogP) is 11.3. The molecule has 3 heterocycles. The first-order chi connectivity index (χ1) is 23.8. The lowest BCUT2D eigenvalue weighted by Gasteiger charge is -2.21. The molecule has 0 N–H and O–H groups in total. The molecule has 1 atom stereocenters. The summed E-state index contributed by atoms with van der Waals surface area (Å²) < 4.78 is 0. The maximum Gasteiger partial charge on any atom is 0.0702 e. The number of hydrogen-bond acceptors (Lipinski definition) is 3. The maximum atomic E-state index is 4.58. The van der Waals surface area contributed by atoms with Crippen LogP contribution in [0.4, 0.5) is 0 Å². The monoisotopic (exact) mass is 615 g/mol. The number of hydrogen-bond donors (Lipinski definition) is 0. The fourth-order valence-corrected chi connectivity index (χ4v) is 6.53. The number of nitrogens with zero attached hydrogens (tertiary/aromatic N) is 3. The normalized spacial score (nSPS) is 14.0. The highest BCUT2D eigenvalue weighted by Gasteiger charge is 2.18. The molecule has 0 saturated carbocycles. The molecule has 0 radical (unpaired) electrons. The van der Waals surface area contributed by atoms with Gasteiger partial charge in [-0.2, -0.15) is 0 Å². The van der Waals surface area contributed by atoms with Gasteiger partial charge in [-0.1, -0.05) is 91.0 Å². The van der Waals surface area contributed by atoms with E-state index in [1.807, 2.05) is 55.1 Å². The van der Waals surface area contributed by atoms with E-state index in [4.69, 9.17) is 0 Å². The van der Waals surface area contributed by atoms with E-state index in [9.17, 15) is 0 Å². The lowest BCUT2D eigenvalue weighted by atomic mass is 9.83. The Kier molecular flexibility index (Phi) is 8.08. The van der Waals surface area contributed by atoms with Gasteiger partial charge in [-0.05, 0) is 118 Å². The quantitative estimate of drug-likeness (QED) is 0.179. The molecule has 48 heavy (non-hydrogen) atoms. The van der Waals surface area contributed by atoms with Crippen LogP contribution in [0, 0.1) is 0 Å². The Morgan fingerprint density at radius 3 is 1.67 bits per heavy atom. The van der Waals surface area contributed by atoms with Crippen molar-refractivity contribution in [2.24, 2.45) is 0 Å². The highest BCUT2D eigenvalue weighted by Crippen LogP contribution is 2.39. The van der Waals surface area contributed by atoms with Gasteiger partial charge in [0.15, 0.2) is 0 Å². The molecular weight excluding hydrogens is 583 g/mol. The third-order valence-corrected chi connectivity index (χ3v) is 9.01. The number of pyridine rings is 3. The number of allylic oxidation sites excluding steroid dienone is 4.